The standard InChI is InChI=1S/C25H28N6O/c1-18-10-11-26-22(15-18)28-23-16-21(27-25(29-23)30-13-6-14-30)20-9-5-12-31(17-20)24(32)19-7-3-2-4-8-19/h2-4,7-8,10-11,15-16,20H,5-6,9,12-14,17H2,1H3,(H,26,27,28,29). The number of carbonyl (C=O) groups is 1. The SMILES string of the molecule is Cc1ccnc(Nc2cc(C3CCCN(C(=O)c4ccccc4)C3)nc(N3CCC3)n2)c1. The van der Waals surface area contributed by atoms with Gasteiger partial charge in [-0.3, -0.25) is 4.79 Å². The first-order valence-electron chi connectivity index (χ1n) is 11.3. The number of hydrogen-bond acceptors (Lipinski definition) is 6. The molecule has 1 amide bonds. The van der Waals surface area contributed by atoms with Crippen molar-refractivity contribution in [3.63, 3.8) is 0 Å². The van der Waals surface area contributed by atoms with Crippen LogP contribution in [0.15, 0.2) is 54.7 Å². The number of likely N-dealkylation sites (tertiary alicyclic amines) is 1. The molecule has 0 bridgehead atoms. The van der Waals surface area contributed by atoms with Crippen molar-refractivity contribution in [1.29, 1.82) is 0 Å². The summed E-state index contributed by atoms with van der Waals surface area (Å²) in [7, 11) is 0. The Morgan fingerprint density at radius 1 is 1.00 bits per heavy atom. The summed E-state index contributed by atoms with van der Waals surface area (Å²) in [6, 6.07) is 15.5. The number of nitrogens with one attached hydrogen (secondary N) is 1. The van der Waals surface area contributed by atoms with Crippen LogP contribution in [0.2, 0.25) is 0 Å². The number of rotatable bonds is 5. The van der Waals surface area contributed by atoms with Crippen molar-refractivity contribution in [3.05, 3.63) is 71.5 Å². The minimum atomic E-state index is 0.0923. The predicted molar refractivity (Wildman–Crippen MR) is 125 cm³/mol. The van der Waals surface area contributed by atoms with Gasteiger partial charge in [0.2, 0.25) is 5.95 Å². The molecule has 1 atom stereocenters. The van der Waals surface area contributed by atoms with E-state index in [1.807, 2.05) is 60.4 Å². The molecule has 164 valence electrons. The smallest absolute Gasteiger partial charge is 0.253 e. The van der Waals surface area contributed by atoms with Crippen LogP contribution < -0.4 is 10.2 Å². The number of piperidine rings is 1. The van der Waals surface area contributed by atoms with E-state index < -0.39 is 0 Å². The predicted octanol–water partition coefficient (Wildman–Crippen LogP) is 4.15. The molecule has 2 aliphatic heterocycles. The maximum Gasteiger partial charge on any atom is 0.253 e. The Morgan fingerprint density at radius 2 is 1.84 bits per heavy atom. The van der Waals surface area contributed by atoms with Crippen LogP contribution in [0.5, 0.6) is 0 Å². The van der Waals surface area contributed by atoms with Crippen molar-refractivity contribution in [3.8, 4) is 0 Å². The van der Waals surface area contributed by atoms with Crippen molar-refractivity contribution in [2.75, 3.05) is 36.4 Å². The summed E-state index contributed by atoms with van der Waals surface area (Å²) in [6.07, 6.45) is 4.94. The van der Waals surface area contributed by atoms with Gasteiger partial charge >= 0.3 is 0 Å². The fourth-order valence-electron chi connectivity index (χ4n) is 4.29. The zero-order chi connectivity index (χ0) is 21.9. The normalized spacial score (nSPS) is 18.2. The van der Waals surface area contributed by atoms with E-state index in [4.69, 9.17) is 9.97 Å². The molecule has 1 aromatic carbocycles. The van der Waals surface area contributed by atoms with Gasteiger partial charge in [-0.25, -0.2) is 9.97 Å². The van der Waals surface area contributed by atoms with Crippen LogP contribution in [0.25, 0.3) is 0 Å². The molecule has 0 aliphatic carbocycles. The molecule has 2 fully saturated rings. The van der Waals surface area contributed by atoms with Crippen molar-refractivity contribution < 1.29 is 4.79 Å². The largest absolute Gasteiger partial charge is 0.341 e. The third-order valence-electron chi connectivity index (χ3n) is 6.19. The fraction of sp³-hybridized carbons (Fsp3) is 0.360. The van der Waals surface area contributed by atoms with Crippen LogP contribution in [0.1, 0.15) is 46.8 Å². The minimum Gasteiger partial charge on any atom is -0.341 e. The van der Waals surface area contributed by atoms with Gasteiger partial charge in [0, 0.05) is 49.9 Å². The van der Waals surface area contributed by atoms with Gasteiger partial charge in [0.05, 0.1) is 5.69 Å². The van der Waals surface area contributed by atoms with E-state index in [1.165, 1.54) is 6.42 Å². The highest BCUT2D eigenvalue weighted by molar-refractivity contribution is 5.94. The topological polar surface area (TPSA) is 74.2 Å². The van der Waals surface area contributed by atoms with Crippen LogP contribution in [0.3, 0.4) is 0 Å². The number of carbonyl (C=O) groups excluding carboxylic acids is 1. The lowest BCUT2D eigenvalue weighted by molar-refractivity contribution is 0.0706. The summed E-state index contributed by atoms with van der Waals surface area (Å²) in [5.41, 5.74) is 2.87. The lowest BCUT2D eigenvalue weighted by atomic mass is 9.94. The van der Waals surface area contributed by atoms with Crippen molar-refractivity contribution >= 4 is 23.5 Å². The van der Waals surface area contributed by atoms with Crippen LogP contribution in [-0.2, 0) is 0 Å². The van der Waals surface area contributed by atoms with Gasteiger partial charge in [0.1, 0.15) is 11.6 Å². The van der Waals surface area contributed by atoms with Crippen molar-refractivity contribution in [2.45, 2.75) is 32.1 Å². The first-order chi connectivity index (χ1) is 15.7. The second kappa shape index (κ2) is 8.94. The lowest BCUT2D eigenvalue weighted by Gasteiger charge is -2.34. The summed E-state index contributed by atoms with van der Waals surface area (Å²) >= 11 is 0. The highest BCUT2D eigenvalue weighted by Gasteiger charge is 2.28. The van der Waals surface area contributed by atoms with Gasteiger partial charge in [0.25, 0.3) is 5.91 Å². The zero-order valence-electron chi connectivity index (χ0n) is 18.4. The molecule has 0 radical (unpaired) electrons. The van der Waals surface area contributed by atoms with Gasteiger partial charge in [-0.2, -0.15) is 4.98 Å². The van der Waals surface area contributed by atoms with Crippen LogP contribution >= 0.6 is 0 Å². The Kier molecular flexibility index (Phi) is 5.71. The van der Waals surface area contributed by atoms with E-state index in [2.05, 4.69) is 15.2 Å². The highest BCUT2D eigenvalue weighted by atomic mass is 16.2. The summed E-state index contributed by atoms with van der Waals surface area (Å²) in [5, 5.41) is 3.36. The van der Waals surface area contributed by atoms with Crippen molar-refractivity contribution in [2.24, 2.45) is 0 Å². The maximum atomic E-state index is 13.0. The van der Waals surface area contributed by atoms with Crippen LogP contribution in [-0.4, -0.2) is 51.9 Å². The number of nitrogens with zero attached hydrogens (tertiary/aromatic N) is 5. The van der Waals surface area contributed by atoms with E-state index in [0.717, 1.165) is 66.9 Å². The first kappa shape index (κ1) is 20.4. The molecule has 4 heterocycles. The van der Waals surface area contributed by atoms with Crippen LogP contribution in [0, 0.1) is 6.92 Å². The molecule has 2 saturated heterocycles. The number of pyridine rings is 1. The Hall–Kier alpha value is -3.48. The Morgan fingerprint density at radius 3 is 2.59 bits per heavy atom. The third-order valence-corrected chi connectivity index (χ3v) is 6.19. The molecule has 2 aliphatic rings. The van der Waals surface area contributed by atoms with Crippen LogP contribution in [0.4, 0.5) is 17.6 Å². The second-order valence-electron chi connectivity index (χ2n) is 8.62. The molecule has 5 rings (SSSR count). The lowest BCUT2D eigenvalue weighted by Crippen LogP contribution is -2.40. The molecule has 0 saturated carbocycles. The van der Waals surface area contributed by atoms with E-state index in [9.17, 15) is 4.79 Å². The zero-order valence-corrected chi connectivity index (χ0v) is 18.4. The average Bonchev–Trinajstić information content (AvgIpc) is 2.78. The maximum absolute atomic E-state index is 13.0. The van der Waals surface area contributed by atoms with E-state index in [0.29, 0.717) is 6.54 Å². The van der Waals surface area contributed by atoms with E-state index in [-0.39, 0.29) is 11.8 Å². The molecule has 1 unspecified atom stereocenters. The van der Waals surface area contributed by atoms with Gasteiger partial charge in [-0.1, -0.05) is 18.2 Å². The molecule has 7 nitrogen and oxygen atoms in total. The number of amides is 1. The Balaban J connectivity index is 1.40. The fourth-order valence-corrected chi connectivity index (χ4v) is 4.29. The number of hydrogen-bond donors (Lipinski definition) is 1. The Bertz CT molecular complexity index is 1100. The molecular formula is C25H28N6O. The molecule has 1 N–H and O–H groups in total. The molecule has 32 heavy (non-hydrogen) atoms. The van der Waals surface area contributed by atoms with E-state index >= 15 is 0 Å². The third kappa shape index (κ3) is 4.42. The summed E-state index contributed by atoms with van der Waals surface area (Å²) in [6.45, 7) is 5.47. The summed E-state index contributed by atoms with van der Waals surface area (Å²) in [5.74, 6) is 2.56. The van der Waals surface area contributed by atoms with Gasteiger partial charge in [0.15, 0.2) is 0 Å². The summed E-state index contributed by atoms with van der Waals surface area (Å²) < 4.78 is 0. The molecule has 0 spiro atoms. The minimum absolute atomic E-state index is 0.0923. The van der Waals surface area contributed by atoms with Gasteiger partial charge in [-0.15, -0.1) is 0 Å². The highest BCUT2D eigenvalue weighted by Crippen LogP contribution is 2.30. The molecule has 3 aromatic rings. The second-order valence-corrected chi connectivity index (χ2v) is 8.62. The molecule has 7 heteroatoms. The van der Waals surface area contributed by atoms with E-state index in [1.54, 1.807) is 6.20 Å². The number of anilines is 3. The Labute approximate surface area is 188 Å². The van der Waals surface area contributed by atoms with Gasteiger partial charge in [-0.05, 0) is 56.0 Å². The molecular weight excluding hydrogens is 400 g/mol. The quantitative estimate of drug-likeness (QED) is 0.658. The van der Waals surface area contributed by atoms with Crippen molar-refractivity contribution in [1.82, 2.24) is 19.9 Å². The number of aryl methyl sites for hydroxylation is 1. The average molecular weight is 429 g/mol. The summed E-state index contributed by atoms with van der Waals surface area (Å²) in [4.78, 5) is 31.3. The van der Waals surface area contributed by atoms with Gasteiger partial charge < -0.3 is 15.1 Å². The molecule has 2 aromatic heterocycles. The monoisotopic (exact) mass is 428 g/mol. The first-order valence-corrected chi connectivity index (χ1v) is 11.3. The number of benzene rings is 1. The number of aromatic nitrogens is 3.